The summed E-state index contributed by atoms with van der Waals surface area (Å²) in [6.45, 7) is 0.487. The number of hydrogen-bond donors (Lipinski definition) is 1. The van der Waals surface area contributed by atoms with E-state index in [0.717, 1.165) is 41.1 Å². The van der Waals surface area contributed by atoms with Crippen molar-refractivity contribution in [2.75, 3.05) is 23.3 Å². The van der Waals surface area contributed by atoms with Crippen LogP contribution < -0.4 is 14.4 Å². The number of fused-ring (bicyclic) bond motifs is 4. The van der Waals surface area contributed by atoms with Crippen LogP contribution >= 0.6 is 0 Å². The van der Waals surface area contributed by atoms with Crippen molar-refractivity contribution in [2.45, 2.75) is 29.7 Å². The molecule has 0 bridgehead atoms. The predicted octanol–water partition coefficient (Wildman–Crippen LogP) is 5.27. The first-order valence-electron chi connectivity index (χ1n) is 11.4. The van der Waals surface area contributed by atoms with E-state index in [1.54, 1.807) is 17.5 Å². The summed E-state index contributed by atoms with van der Waals surface area (Å²) >= 11 is 0. The molecule has 6 heteroatoms. The number of rotatable bonds is 4. The van der Waals surface area contributed by atoms with Crippen molar-refractivity contribution in [3.05, 3.63) is 95.6 Å². The van der Waals surface area contributed by atoms with Gasteiger partial charge in [-0.2, -0.15) is 0 Å². The average Bonchev–Trinajstić information content (AvgIpc) is 3.51. The summed E-state index contributed by atoms with van der Waals surface area (Å²) in [6, 6.07) is 21.7. The molecule has 2 aliphatic heterocycles. The van der Waals surface area contributed by atoms with E-state index in [1.807, 2.05) is 48.5 Å². The molecule has 1 aliphatic carbocycles. The minimum atomic E-state index is -3.62. The maximum Gasteiger partial charge on any atom is 0.264 e. The van der Waals surface area contributed by atoms with Crippen LogP contribution in [-0.4, -0.2) is 22.1 Å². The van der Waals surface area contributed by atoms with Gasteiger partial charge in [0, 0.05) is 18.2 Å². The zero-order valence-electron chi connectivity index (χ0n) is 18.4. The topological polar surface area (TPSA) is 58.6 Å². The lowest BCUT2D eigenvalue weighted by molar-refractivity contribution is 0.406. The highest BCUT2D eigenvalue weighted by atomic mass is 32.2. The lowest BCUT2D eigenvalue weighted by Crippen LogP contribution is -2.31. The third-order valence-corrected chi connectivity index (χ3v) is 9.03. The van der Waals surface area contributed by atoms with Gasteiger partial charge in [-0.1, -0.05) is 42.5 Å². The fourth-order valence-electron chi connectivity index (χ4n) is 5.58. The van der Waals surface area contributed by atoms with Crippen molar-refractivity contribution < 1.29 is 13.2 Å². The van der Waals surface area contributed by atoms with Crippen molar-refractivity contribution in [3.8, 4) is 5.75 Å². The lowest BCUT2D eigenvalue weighted by Gasteiger charge is -2.38. The molecule has 6 rings (SSSR count). The number of sulfonamides is 1. The van der Waals surface area contributed by atoms with E-state index in [1.165, 1.54) is 5.56 Å². The summed E-state index contributed by atoms with van der Waals surface area (Å²) < 4.78 is 34.2. The largest absolute Gasteiger partial charge is 0.497 e. The normalized spacial score (nSPS) is 22.9. The van der Waals surface area contributed by atoms with Crippen LogP contribution in [0.4, 0.5) is 11.4 Å². The number of ether oxygens (including phenoxy) is 1. The summed E-state index contributed by atoms with van der Waals surface area (Å²) in [5, 5.41) is 3.70. The van der Waals surface area contributed by atoms with E-state index in [2.05, 4.69) is 29.6 Å². The van der Waals surface area contributed by atoms with Gasteiger partial charge in [0.25, 0.3) is 10.0 Å². The smallest absolute Gasteiger partial charge is 0.264 e. The third-order valence-electron chi connectivity index (χ3n) is 7.22. The SMILES string of the molecule is COc1cccc(C2Nc3ccc(S(=O)(=O)N4CCc5ccccc54)cc3C3C=CCC32)c1. The van der Waals surface area contributed by atoms with Crippen LogP contribution in [0.1, 0.15) is 35.1 Å². The fraction of sp³-hybridized carbons (Fsp3) is 0.259. The number of para-hydroxylation sites is 1. The van der Waals surface area contributed by atoms with E-state index in [0.29, 0.717) is 17.4 Å². The summed E-state index contributed by atoms with van der Waals surface area (Å²) in [4.78, 5) is 0.360. The van der Waals surface area contributed by atoms with Crippen LogP contribution in [0.5, 0.6) is 5.75 Å². The first kappa shape index (κ1) is 20.4. The first-order chi connectivity index (χ1) is 16.1. The second-order valence-corrected chi connectivity index (χ2v) is 10.8. The first-order valence-corrected chi connectivity index (χ1v) is 12.8. The van der Waals surface area contributed by atoms with Crippen LogP contribution in [0.25, 0.3) is 0 Å². The average molecular weight is 459 g/mol. The Balaban J connectivity index is 1.38. The van der Waals surface area contributed by atoms with E-state index in [4.69, 9.17) is 4.74 Å². The number of anilines is 2. The van der Waals surface area contributed by atoms with Crippen molar-refractivity contribution >= 4 is 21.4 Å². The van der Waals surface area contributed by atoms with Crippen LogP contribution in [0.3, 0.4) is 0 Å². The number of methoxy groups -OCH3 is 1. The maximum absolute atomic E-state index is 13.6. The Morgan fingerprint density at radius 2 is 1.91 bits per heavy atom. The van der Waals surface area contributed by atoms with Crippen molar-refractivity contribution in [3.63, 3.8) is 0 Å². The molecule has 168 valence electrons. The molecule has 2 heterocycles. The molecule has 3 aliphatic rings. The molecule has 0 aromatic heterocycles. The molecule has 0 saturated carbocycles. The van der Waals surface area contributed by atoms with Gasteiger partial charge >= 0.3 is 0 Å². The van der Waals surface area contributed by atoms with E-state index >= 15 is 0 Å². The molecular weight excluding hydrogens is 432 g/mol. The van der Waals surface area contributed by atoms with Crippen molar-refractivity contribution in [1.82, 2.24) is 0 Å². The number of nitrogens with zero attached hydrogens (tertiary/aromatic N) is 1. The molecule has 3 aromatic carbocycles. The molecule has 0 fully saturated rings. The van der Waals surface area contributed by atoms with E-state index in [9.17, 15) is 8.42 Å². The van der Waals surface area contributed by atoms with Gasteiger partial charge < -0.3 is 10.1 Å². The number of nitrogens with one attached hydrogen (secondary N) is 1. The molecule has 33 heavy (non-hydrogen) atoms. The van der Waals surface area contributed by atoms with Gasteiger partial charge in [-0.05, 0) is 71.8 Å². The highest BCUT2D eigenvalue weighted by Gasteiger charge is 2.39. The van der Waals surface area contributed by atoms with Gasteiger partial charge in [0.05, 0.1) is 23.7 Å². The number of hydrogen-bond acceptors (Lipinski definition) is 4. The molecule has 5 nitrogen and oxygen atoms in total. The summed E-state index contributed by atoms with van der Waals surface area (Å²) in [6.07, 6.45) is 6.16. The Hall–Kier alpha value is -3.25. The fourth-order valence-corrected chi connectivity index (χ4v) is 7.12. The minimum Gasteiger partial charge on any atom is -0.497 e. The van der Waals surface area contributed by atoms with Gasteiger partial charge in [0.15, 0.2) is 0 Å². The second-order valence-electron chi connectivity index (χ2n) is 8.96. The van der Waals surface area contributed by atoms with Crippen molar-refractivity contribution in [1.29, 1.82) is 0 Å². The third kappa shape index (κ3) is 3.23. The number of benzene rings is 3. The molecule has 3 unspecified atom stereocenters. The molecule has 3 atom stereocenters. The Bertz CT molecular complexity index is 1370. The van der Waals surface area contributed by atoms with Gasteiger partial charge in [0.2, 0.25) is 0 Å². The Kier molecular flexibility index (Phi) is 4.73. The number of allylic oxidation sites excluding steroid dienone is 2. The molecular formula is C27H26N2O3S. The Morgan fingerprint density at radius 1 is 1.03 bits per heavy atom. The Labute approximate surface area is 194 Å². The molecule has 0 radical (unpaired) electrons. The highest BCUT2D eigenvalue weighted by molar-refractivity contribution is 7.92. The highest BCUT2D eigenvalue weighted by Crippen LogP contribution is 2.50. The van der Waals surface area contributed by atoms with Gasteiger partial charge in [-0.25, -0.2) is 8.42 Å². The monoisotopic (exact) mass is 458 g/mol. The standard InChI is InChI=1S/C27H26N2O3S/c1-32-20-8-4-7-19(16-20)27-23-10-5-9-22(23)24-17-21(12-13-25(24)28-27)33(30,31)29-15-14-18-6-2-3-11-26(18)29/h2-9,11-13,16-17,22-23,27-28H,10,14-15H2,1H3. The predicted molar refractivity (Wildman–Crippen MR) is 130 cm³/mol. The molecule has 3 aromatic rings. The molecule has 0 spiro atoms. The lowest BCUT2D eigenvalue weighted by atomic mass is 9.77. The van der Waals surface area contributed by atoms with Crippen LogP contribution in [0, 0.1) is 5.92 Å². The minimum absolute atomic E-state index is 0.139. The zero-order valence-corrected chi connectivity index (χ0v) is 19.3. The van der Waals surface area contributed by atoms with E-state index < -0.39 is 10.0 Å². The van der Waals surface area contributed by atoms with Crippen LogP contribution in [-0.2, 0) is 16.4 Å². The molecule has 0 amide bonds. The van der Waals surface area contributed by atoms with Crippen LogP contribution in [0.15, 0.2) is 83.8 Å². The van der Waals surface area contributed by atoms with Gasteiger partial charge in [-0.15, -0.1) is 0 Å². The molecule has 0 saturated heterocycles. The van der Waals surface area contributed by atoms with Crippen LogP contribution in [0.2, 0.25) is 0 Å². The molecule has 1 N–H and O–H groups in total. The van der Waals surface area contributed by atoms with E-state index in [-0.39, 0.29) is 12.0 Å². The summed E-state index contributed by atoms with van der Waals surface area (Å²) in [7, 11) is -1.94. The van der Waals surface area contributed by atoms with Gasteiger partial charge in [0.1, 0.15) is 5.75 Å². The summed E-state index contributed by atoms with van der Waals surface area (Å²) in [5.41, 5.74) is 5.12. The summed E-state index contributed by atoms with van der Waals surface area (Å²) in [5.74, 6) is 1.35. The van der Waals surface area contributed by atoms with Crippen molar-refractivity contribution in [2.24, 2.45) is 5.92 Å². The second kappa shape index (κ2) is 7.66. The van der Waals surface area contributed by atoms with Gasteiger partial charge in [-0.3, -0.25) is 4.31 Å². The quantitative estimate of drug-likeness (QED) is 0.541. The Morgan fingerprint density at radius 3 is 2.79 bits per heavy atom. The zero-order chi connectivity index (χ0) is 22.6. The maximum atomic E-state index is 13.6.